The Morgan fingerprint density at radius 1 is 0.917 bits per heavy atom. The van der Waals surface area contributed by atoms with Crippen LogP contribution in [0.15, 0.2) is 84.9 Å². The number of aromatic nitrogens is 1. The van der Waals surface area contributed by atoms with Crippen LogP contribution in [0.3, 0.4) is 0 Å². The lowest BCUT2D eigenvalue weighted by molar-refractivity contribution is 0.0908. The smallest absolute Gasteiger partial charge is 0.253 e. The Morgan fingerprint density at radius 2 is 1.58 bits per heavy atom. The molecule has 1 N–H and O–H groups in total. The quantitative estimate of drug-likeness (QED) is 0.357. The summed E-state index contributed by atoms with van der Waals surface area (Å²) in [5, 5.41) is 3.19. The molecule has 0 saturated carbocycles. The maximum Gasteiger partial charge on any atom is 0.253 e. The summed E-state index contributed by atoms with van der Waals surface area (Å²) in [5.74, 6) is -1.49. The van der Waals surface area contributed by atoms with E-state index in [4.69, 9.17) is 0 Å². The number of halogens is 2. The van der Waals surface area contributed by atoms with Crippen molar-refractivity contribution in [1.82, 2.24) is 14.8 Å². The fraction of sp³-hybridized carbons (Fsp3) is 0.233. The zero-order valence-corrected chi connectivity index (χ0v) is 20.3. The van der Waals surface area contributed by atoms with Crippen LogP contribution >= 0.6 is 0 Å². The first-order chi connectivity index (χ1) is 17.5. The van der Waals surface area contributed by atoms with E-state index in [1.165, 1.54) is 17.7 Å². The Bertz CT molecular complexity index is 1340. The summed E-state index contributed by atoms with van der Waals surface area (Å²) in [5.41, 5.74) is 4.13. The second-order valence-corrected chi connectivity index (χ2v) is 9.34. The lowest BCUT2D eigenvalue weighted by Crippen LogP contribution is -2.44. The van der Waals surface area contributed by atoms with Gasteiger partial charge in [0.25, 0.3) is 5.91 Å². The monoisotopic (exact) mass is 485 g/mol. The van der Waals surface area contributed by atoms with Crippen molar-refractivity contribution >= 4 is 5.91 Å². The summed E-state index contributed by atoms with van der Waals surface area (Å²) in [6, 6.07) is 25.3. The van der Waals surface area contributed by atoms with Gasteiger partial charge in [-0.2, -0.15) is 0 Å². The molecule has 0 aliphatic carbocycles. The summed E-state index contributed by atoms with van der Waals surface area (Å²) in [6.07, 6.45) is 1.74. The SMILES string of the molecule is Cc1c(C(=O)NC2CCN(Cc3ccccc3)CC2)cc(-c2ccccc2)n1-c1ccc(F)cc1F. The van der Waals surface area contributed by atoms with E-state index in [2.05, 4.69) is 34.5 Å². The van der Waals surface area contributed by atoms with Crippen molar-refractivity contribution in [3.8, 4) is 16.9 Å². The minimum Gasteiger partial charge on any atom is -0.349 e. The number of nitrogens with one attached hydrogen (secondary N) is 1. The molecule has 4 nitrogen and oxygen atoms in total. The average Bonchev–Trinajstić information content (AvgIpc) is 3.23. The van der Waals surface area contributed by atoms with Gasteiger partial charge in [0.1, 0.15) is 11.6 Å². The number of carbonyl (C=O) groups excluding carboxylic acids is 1. The number of piperidine rings is 1. The minimum atomic E-state index is -0.677. The van der Waals surface area contributed by atoms with Crippen LogP contribution in [0.1, 0.15) is 34.5 Å². The first-order valence-corrected chi connectivity index (χ1v) is 12.3. The van der Waals surface area contributed by atoms with Gasteiger partial charge in [-0.1, -0.05) is 60.7 Å². The molecule has 1 aliphatic heterocycles. The molecule has 1 fully saturated rings. The van der Waals surface area contributed by atoms with Gasteiger partial charge in [-0.25, -0.2) is 8.78 Å². The third-order valence-corrected chi connectivity index (χ3v) is 6.88. The molecule has 1 aromatic heterocycles. The van der Waals surface area contributed by atoms with E-state index >= 15 is 0 Å². The molecule has 0 bridgehead atoms. The van der Waals surface area contributed by atoms with E-state index in [9.17, 15) is 13.6 Å². The Labute approximate surface area is 210 Å². The summed E-state index contributed by atoms with van der Waals surface area (Å²) in [7, 11) is 0. The normalized spacial score (nSPS) is 14.6. The molecule has 4 aromatic rings. The summed E-state index contributed by atoms with van der Waals surface area (Å²) < 4.78 is 30.1. The van der Waals surface area contributed by atoms with E-state index in [0.717, 1.165) is 44.1 Å². The number of hydrogen-bond acceptors (Lipinski definition) is 2. The molecular formula is C30H29F2N3O. The Morgan fingerprint density at radius 3 is 2.25 bits per heavy atom. The van der Waals surface area contributed by atoms with Crippen molar-refractivity contribution in [2.75, 3.05) is 13.1 Å². The molecule has 0 atom stereocenters. The molecule has 1 saturated heterocycles. The van der Waals surface area contributed by atoms with Crippen LogP contribution in [0, 0.1) is 18.6 Å². The molecule has 1 amide bonds. The van der Waals surface area contributed by atoms with Crippen LogP contribution in [-0.2, 0) is 6.54 Å². The third-order valence-electron chi connectivity index (χ3n) is 6.88. The molecule has 184 valence electrons. The summed E-state index contributed by atoms with van der Waals surface area (Å²) >= 11 is 0. The van der Waals surface area contributed by atoms with Crippen molar-refractivity contribution in [3.63, 3.8) is 0 Å². The van der Waals surface area contributed by atoms with Gasteiger partial charge in [0, 0.05) is 37.4 Å². The Hall–Kier alpha value is -3.77. The second-order valence-electron chi connectivity index (χ2n) is 9.34. The first-order valence-electron chi connectivity index (χ1n) is 12.3. The third kappa shape index (κ3) is 5.09. The molecular weight excluding hydrogens is 456 g/mol. The highest BCUT2D eigenvalue weighted by atomic mass is 19.1. The lowest BCUT2D eigenvalue weighted by Gasteiger charge is -2.32. The Kier molecular flexibility index (Phi) is 6.96. The van der Waals surface area contributed by atoms with Crippen LogP contribution in [0.4, 0.5) is 8.78 Å². The fourth-order valence-corrected chi connectivity index (χ4v) is 4.97. The van der Waals surface area contributed by atoms with Gasteiger partial charge >= 0.3 is 0 Å². The Balaban J connectivity index is 1.36. The number of hydrogen-bond donors (Lipinski definition) is 1. The van der Waals surface area contributed by atoms with Crippen molar-refractivity contribution < 1.29 is 13.6 Å². The number of benzene rings is 3. The zero-order valence-electron chi connectivity index (χ0n) is 20.3. The molecule has 3 aromatic carbocycles. The number of nitrogens with zero attached hydrogens (tertiary/aromatic N) is 2. The van der Waals surface area contributed by atoms with Crippen molar-refractivity contribution in [2.45, 2.75) is 32.4 Å². The molecule has 0 radical (unpaired) electrons. The molecule has 6 heteroatoms. The van der Waals surface area contributed by atoms with Gasteiger partial charge in [-0.3, -0.25) is 9.69 Å². The maximum atomic E-state index is 14.8. The van der Waals surface area contributed by atoms with Crippen molar-refractivity contribution in [1.29, 1.82) is 0 Å². The van der Waals surface area contributed by atoms with Gasteiger partial charge in [0.05, 0.1) is 16.9 Å². The van der Waals surface area contributed by atoms with Crippen LogP contribution in [-0.4, -0.2) is 34.5 Å². The summed E-state index contributed by atoms with van der Waals surface area (Å²) in [4.78, 5) is 15.8. The van der Waals surface area contributed by atoms with Gasteiger partial charge in [-0.15, -0.1) is 0 Å². The van der Waals surface area contributed by atoms with E-state index in [1.54, 1.807) is 17.6 Å². The lowest BCUT2D eigenvalue weighted by atomic mass is 10.0. The molecule has 0 spiro atoms. The average molecular weight is 486 g/mol. The van der Waals surface area contributed by atoms with Crippen molar-refractivity contribution in [2.24, 2.45) is 0 Å². The highest BCUT2D eigenvalue weighted by molar-refractivity contribution is 5.97. The maximum absolute atomic E-state index is 14.8. The van der Waals surface area contributed by atoms with E-state index in [1.807, 2.05) is 36.4 Å². The molecule has 0 unspecified atom stereocenters. The molecule has 2 heterocycles. The van der Waals surface area contributed by atoms with E-state index < -0.39 is 11.6 Å². The number of rotatable bonds is 6. The topological polar surface area (TPSA) is 37.3 Å². The fourth-order valence-electron chi connectivity index (χ4n) is 4.97. The largest absolute Gasteiger partial charge is 0.349 e. The molecule has 36 heavy (non-hydrogen) atoms. The second kappa shape index (κ2) is 10.5. The van der Waals surface area contributed by atoms with Crippen LogP contribution in [0.25, 0.3) is 16.9 Å². The van der Waals surface area contributed by atoms with E-state index in [0.29, 0.717) is 17.0 Å². The van der Waals surface area contributed by atoms with Crippen LogP contribution in [0.2, 0.25) is 0 Å². The predicted octanol–water partition coefficient (Wildman–Crippen LogP) is 6.13. The van der Waals surface area contributed by atoms with Gasteiger partial charge in [-0.05, 0) is 49.1 Å². The standard InChI is InChI=1S/C30H29F2N3O/c1-21-26(30(36)33-25-14-16-34(17-15-25)20-22-8-4-2-5-9-22)19-29(23-10-6-3-7-11-23)35(21)28-13-12-24(31)18-27(28)32/h2-13,18-19,25H,14-17,20H2,1H3,(H,33,36). The predicted molar refractivity (Wildman–Crippen MR) is 138 cm³/mol. The minimum absolute atomic E-state index is 0.0787. The summed E-state index contributed by atoms with van der Waals surface area (Å²) in [6.45, 7) is 4.53. The molecule has 1 aliphatic rings. The number of amides is 1. The first kappa shape index (κ1) is 23.9. The highest BCUT2D eigenvalue weighted by Gasteiger charge is 2.25. The van der Waals surface area contributed by atoms with Gasteiger partial charge < -0.3 is 9.88 Å². The van der Waals surface area contributed by atoms with Crippen molar-refractivity contribution in [3.05, 3.63) is 113 Å². The van der Waals surface area contributed by atoms with Crippen LogP contribution < -0.4 is 5.32 Å². The van der Waals surface area contributed by atoms with Gasteiger partial charge in [0.15, 0.2) is 0 Å². The van der Waals surface area contributed by atoms with E-state index in [-0.39, 0.29) is 17.6 Å². The molecule has 5 rings (SSSR count). The number of likely N-dealkylation sites (tertiary alicyclic amines) is 1. The zero-order chi connectivity index (χ0) is 25.1. The van der Waals surface area contributed by atoms with Gasteiger partial charge in [0.2, 0.25) is 0 Å². The number of carbonyl (C=O) groups is 1. The highest BCUT2D eigenvalue weighted by Crippen LogP contribution is 2.31. The van der Waals surface area contributed by atoms with Crippen LogP contribution in [0.5, 0.6) is 0 Å².